The number of nitrogens with one attached hydrogen (secondary N) is 1. The highest BCUT2D eigenvalue weighted by atomic mass is 16.3. The van der Waals surface area contributed by atoms with Crippen molar-refractivity contribution in [1.82, 2.24) is 9.97 Å². The van der Waals surface area contributed by atoms with E-state index in [1.807, 2.05) is 17.0 Å². The molecule has 6 heteroatoms. The molecule has 1 aromatic carbocycles. The lowest BCUT2D eigenvalue weighted by molar-refractivity contribution is -0.120. The number of hydrogen-bond acceptors (Lipinski definition) is 5. The molecule has 1 saturated heterocycles. The number of anilines is 2. The summed E-state index contributed by atoms with van der Waals surface area (Å²) in [6, 6.07) is 7.16. The van der Waals surface area contributed by atoms with Gasteiger partial charge in [0.2, 0.25) is 11.9 Å². The molecular formula is C20H26N4O2. The van der Waals surface area contributed by atoms with Crippen LogP contribution < -0.4 is 10.2 Å². The van der Waals surface area contributed by atoms with Crippen LogP contribution in [0.15, 0.2) is 36.7 Å². The first-order valence-electron chi connectivity index (χ1n) is 9.01. The molecule has 1 aliphatic heterocycles. The Morgan fingerprint density at radius 1 is 1.27 bits per heavy atom. The van der Waals surface area contributed by atoms with Gasteiger partial charge in [0.15, 0.2) is 0 Å². The van der Waals surface area contributed by atoms with E-state index in [0.29, 0.717) is 18.2 Å². The average Bonchev–Trinajstić information content (AvgIpc) is 2.63. The number of aromatic nitrogens is 2. The molecule has 2 heterocycles. The maximum Gasteiger partial charge on any atom is 0.229 e. The van der Waals surface area contributed by atoms with Gasteiger partial charge in [-0.3, -0.25) is 4.79 Å². The number of carbonyl (C=O) groups is 1. The minimum Gasteiger partial charge on any atom is -0.506 e. The van der Waals surface area contributed by atoms with Crippen LogP contribution in [-0.2, 0) is 10.2 Å². The third-order valence-corrected chi connectivity index (χ3v) is 4.75. The summed E-state index contributed by atoms with van der Waals surface area (Å²) in [4.78, 5) is 23.4. The summed E-state index contributed by atoms with van der Waals surface area (Å²) in [6.07, 6.45) is 5.14. The van der Waals surface area contributed by atoms with E-state index in [4.69, 9.17) is 0 Å². The Morgan fingerprint density at radius 3 is 2.69 bits per heavy atom. The number of nitrogens with zero attached hydrogens (tertiary/aromatic N) is 3. The quantitative estimate of drug-likeness (QED) is 0.827. The van der Waals surface area contributed by atoms with Gasteiger partial charge in [-0.2, -0.15) is 0 Å². The summed E-state index contributed by atoms with van der Waals surface area (Å²) in [5.74, 6) is 0.505. The Kier molecular flexibility index (Phi) is 5.11. The molecule has 0 bridgehead atoms. The summed E-state index contributed by atoms with van der Waals surface area (Å²) in [7, 11) is 0. The molecule has 0 saturated carbocycles. The minimum absolute atomic E-state index is 0.0561. The van der Waals surface area contributed by atoms with Gasteiger partial charge in [-0.15, -0.1) is 0 Å². The molecule has 26 heavy (non-hydrogen) atoms. The Balaban J connectivity index is 1.72. The monoisotopic (exact) mass is 354 g/mol. The number of benzene rings is 1. The maximum absolute atomic E-state index is 12.8. The molecule has 1 aliphatic rings. The van der Waals surface area contributed by atoms with Crippen LogP contribution in [0.25, 0.3) is 0 Å². The summed E-state index contributed by atoms with van der Waals surface area (Å²) in [5, 5.41) is 13.0. The third kappa shape index (κ3) is 4.12. The van der Waals surface area contributed by atoms with Crippen LogP contribution in [-0.4, -0.2) is 34.1 Å². The van der Waals surface area contributed by atoms with Crippen molar-refractivity contribution < 1.29 is 9.90 Å². The number of phenols is 1. The van der Waals surface area contributed by atoms with E-state index in [0.717, 1.165) is 24.9 Å². The fraction of sp³-hybridized carbons (Fsp3) is 0.450. The average molecular weight is 354 g/mol. The van der Waals surface area contributed by atoms with Crippen LogP contribution in [0.5, 0.6) is 5.75 Å². The second kappa shape index (κ2) is 7.32. The molecule has 2 aromatic rings. The Morgan fingerprint density at radius 2 is 2.00 bits per heavy atom. The lowest BCUT2D eigenvalue weighted by Crippen LogP contribution is -2.41. The number of hydrogen-bond donors (Lipinski definition) is 2. The molecule has 2 N–H and O–H groups in total. The van der Waals surface area contributed by atoms with Crippen molar-refractivity contribution in [1.29, 1.82) is 0 Å². The maximum atomic E-state index is 12.8. The first kappa shape index (κ1) is 18.2. The number of amides is 1. The van der Waals surface area contributed by atoms with Gasteiger partial charge in [0.25, 0.3) is 0 Å². The van der Waals surface area contributed by atoms with Gasteiger partial charge >= 0.3 is 0 Å². The lowest BCUT2D eigenvalue weighted by atomic mass is 9.86. The molecule has 0 spiro atoms. The van der Waals surface area contributed by atoms with Crippen LogP contribution in [0.2, 0.25) is 0 Å². The second-order valence-corrected chi connectivity index (χ2v) is 7.81. The highest BCUT2D eigenvalue weighted by Crippen LogP contribution is 2.31. The van der Waals surface area contributed by atoms with Gasteiger partial charge in [-0.1, -0.05) is 26.8 Å². The van der Waals surface area contributed by atoms with Crippen molar-refractivity contribution in [3.05, 3.63) is 42.2 Å². The first-order chi connectivity index (χ1) is 12.3. The van der Waals surface area contributed by atoms with E-state index in [-0.39, 0.29) is 23.0 Å². The van der Waals surface area contributed by atoms with Crippen LogP contribution >= 0.6 is 0 Å². The van der Waals surface area contributed by atoms with Crippen LogP contribution in [0.3, 0.4) is 0 Å². The molecule has 3 rings (SSSR count). The number of aromatic hydroxyl groups is 1. The van der Waals surface area contributed by atoms with E-state index < -0.39 is 0 Å². The zero-order chi connectivity index (χ0) is 18.7. The number of carbonyl (C=O) groups excluding carboxylic acids is 1. The van der Waals surface area contributed by atoms with E-state index in [1.54, 1.807) is 24.5 Å². The summed E-state index contributed by atoms with van der Waals surface area (Å²) in [6.45, 7) is 7.73. The molecule has 0 aliphatic carbocycles. The predicted molar refractivity (Wildman–Crippen MR) is 102 cm³/mol. The highest BCUT2D eigenvalue weighted by molar-refractivity contribution is 5.94. The highest BCUT2D eigenvalue weighted by Gasteiger charge is 2.28. The molecule has 6 nitrogen and oxygen atoms in total. The molecule has 0 radical (unpaired) electrons. The lowest BCUT2D eigenvalue weighted by Gasteiger charge is -2.32. The number of phenolic OH excluding ortho intramolecular Hbond substituents is 1. The first-order valence-corrected chi connectivity index (χ1v) is 9.01. The molecule has 0 unspecified atom stereocenters. The smallest absolute Gasteiger partial charge is 0.229 e. The summed E-state index contributed by atoms with van der Waals surface area (Å²) < 4.78 is 0. The normalized spacial score (nSPS) is 17.8. The van der Waals surface area contributed by atoms with Gasteiger partial charge < -0.3 is 15.3 Å². The predicted octanol–water partition coefficient (Wildman–Crippen LogP) is 3.33. The van der Waals surface area contributed by atoms with Crippen LogP contribution in [0, 0.1) is 5.92 Å². The van der Waals surface area contributed by atoms with Crippen molar-refractivity contribution >= 4 is 17.5 Å². The van der Waals surface area contributed by atoms with Gasteiger partial charge in [0, 0.05) is 25.5 Å². The van der Waals surface area contributed by atoms with Crippen molar-refractivity contribution in [2.45, 2.75) is 39.0 Å². The number of piperidine rings is 1. The standard InChI is InChI=1S/C20H26N4O2/c1-20(2,3)15-7-8-17(25)16(12-15)23-18(26)14-6-4-11-24(13-14)19-21-9-5-10-22-19/h5,7-10,12,14,25H,4,6,11,13H2,1-3H3,(H,23,26)/t14-/m1/s1. The molecule has 1 amide bonds. The minimum atomic E-state index is -0.162. The zero-order valence-electron chi connectivity index (χ0n) is 15.6. The molecule has 138 valence electrons. The number of rotatable bonds is 3. The van der Waals surface area contributed by atoms with E-state index in [9.17, 15) is 9.90 Å². The third-order valence-electron chi connectivity index (χ3n) is 4.75. The summed E-state index contributed by atoms with van der Waals surface area (Å²) >= 11 is 0. The van der Waals surface area contributed by atoms with Crippen molar-refractivity contribution in [3.8, 4) is 5.75 Å². The van der Waals surface area contributed by atoms with E-state index in [1.165, 1.54) is 0 Å². The van der Waals surface area contributed by atoms with Crippen LogP contribution in [0.4, 0.5) is 11.6 Å². The largest absolute Gasteiger partial charge is 0.506 e. The molecule has 1 aromatic heterocycles. The van der Waals surface area contributed by atoms with Crippen molar-refractivity contribution in [3.63, 3.8) is 0 Å². The van der Waals surface area contributed by atoms with Crippen LogP contribution in [0.1, 0.15) is 39.2 Å². The zero-order valence-corrected chi connectivity index (χ0v) is 15.6. The van der Waals surface area contributed by atoms with Gasteiger partial charge in [-0.05, 0) is 42.0 Å². The fourth-order valence-electron chi connectivity index (χ4n) is 3.16. The van der Waals surface area contributed by atoms with E-state index in [2.05, 4.69) is 36.1 Å². The van der Waals surface area contributed by atoms with Crippen molar-refractivity contribution in [2.75, 3.05) is 23.3 Å². The fourth-order valence-corrected chi connectivity index (χ4v) is 3.16. The second-order valence-electron chi connectivity index (χ2n) is 7.81. The molecular weight excluding hydrogens is 328 g/mol. The van der Waals surface area contributed by atoms with Gasteiger partial charge in [0.05, 0.1) is 11.6 Å². The topological polar surface area (TPSA) is 78.4 Å². The summed E-state index contributed by atoms with van der Waals surface area (Å²) in [5.41, 5.74) is 1.48. The SMILES string of the molecule is CC(C)(C)c1ccc(O)c(NC(=O)[C@@H]2CCCN(c3ncccn3)C2)c1. The Labute approximate surface area is 154 Å². The van der Waals surface area contributed by atoms with Gasteiger partial charge in [-0.25, -0.2) is 9.97 Å². The van der Waals surface area contributed by atoms with Crippen molar-refractivity contribution in [2.24, 2.45) is 5.92 Å². The molecule has 1 fully saturated rings. The Bertz CT molecular complexity index is 771. The Hall–Kier alpha value is -2.63. The van der Waals surface area contributed by atoms with E-state index >= 15 is 0 Å². The van der Waals surface area contributed by atoms with Gasteiger partial charge in [0.1, 0.15) is 5.75 Å². The molecule has 1 atom stereocenters.